The summed E-state index contributed by atoms with van der Waals surface area (Å²) >= 11 is 0. The van der Waals surface area contributed by atoms with Gasteiger partial charge in [0.15, 0.2) is 0 Å². The van der Waals surface area contributed by atoms with Gasteiger partial charge in [-0.15, -0.1) is 0 Å². The predicted molar refractivity (Wildman–Crippen MR) is 111 cm³/mol. The Hall–Kier alpha value is -1.27. The van der Waals surface area contributed by atoms with Crippen molar-refractivity contribution in [3.05, 3.63) is 0 Å². The fraction of sp³-hybridized carbons (Fsp3) is 0.875. The monoisotopic (exact) mass is 472 g/mol. The zero-order chi connectivity index (χ0) is 22.9. The molecule has 0 aromatic rings. The Kier molecular flexibility index (Phi) is 15.7. The smallest absolute Gasteiger partial charge is 0.500 e. The molecule has 179 valence electrons. The van der Waals surface area contributed by atoms with Crippen molar-refractivity contribution < 1.29 is 45.6 Å². The molecule has 0 aromatic carbocycles. The van der Waals surface area contributed by atoms with Gasteiger partial charge in [-0.3, -0.25) is 0 Å². The molecule has 0 radical (unpaired) electrons. The van der Waals surface area contributed by atoms with Crippen molar-refractivity contribution in [2.24, 2.45) is 0 Å². The van der Waals surface area contributed by atoms with Gasteiger partial charge in [-0.2, -0.15) is 0 Å². The summed E-state index contributed by atoms with van der Waals surface area (Å²) in [6, 6.07) is 1.12. The molecule has 0 aliphatic rings. The van der Waals surface area contributed by atoms with Gasteiger partial charge >= 0.3 is 21.0 Å². The van der Waals surface area contributed by atoms with Crippen LogP contribution in [0.15, 0.2) is 0 Å². The number of ether oxygens (including phenoxy) is 2. The van der Waals surface area contributed by atoms with Gasteiger partial charge in [0.2, 0.25) is 0 Å². The van der Waals surface area contributed by atoms with Gasteiger partial charge in [-0.05, 0) is 27.8 Å². The molecule has 0 saturated carbocycles. The first-order valence-corrected chi connectivity index (χ1v) is 13.3. The Balaban J connectivity index is 3.79. The van der Waals surface area contributed by atoms with Crippen molar-refractivity contribution in [2.45, 2.75) is 24.9 Å². The Bertz CT molecular complexity index is 420. The van der Waals surface area contributed by atoms with Crippen LogP contribution in [0.2, 0.25) is 12.1 Å². The van der Waals surface area contributed by atoms with Crippen LogP contribution >= 0.6 is 0 Å². The molecule has 0 saturated heterocycles. The van der Waals surface area contributed by atoms with Gasteiger partial charge in [0.1, 0.15) is 13.2 Å². The van der Waals surface area contributed by atoms with Crippen LogP contribution in [-0.4, -0.2) is 98.8 Å². The quantitative estimate of drug-likeness (QED) is 0.233. The van der Waals surface area contributed by atoms with Crippen molar-refractivity contribution in [3.63, 3.8) is 0 Å². The van der Waals surface area contributed by atoms with Crippen LogP contribution in [0.3, 0.4) is 0 Å². The van der Waals surface area contributed by atoms with E-state index in [0.29, 0.717) is 38.0 Å². The summed E-state index contributed by atoms with van der Waals surface area (Å²) in [6.45, 7) is 0.638. The molecule has 0 unspecified atom stereocenters. The molecule has 0 bridgehead atoms. The Labute approximate surface area is 180 Å². The van der Waals surface area contributed by atoms with Crippen LogP contribution in [0.5, 0.6) is 0 Å². The van der Waals surface area contributed by atoms with Gasteiger partial charge < -0.3 is 46.7 Å². The summed E-state index contributed by atoms with van der Waals surface area (Å²) in [4.78, 5) is 23.2. The molecule has 0 aliphatic carbocycles. The number of amides is 2. The van der Waals surface area contributed by atoms with Gasteiger partial charge in [0.05, 0.1) is 0 Å². The molecule has 0 atom stereocenters. The van der Waals surface area contributed by atoms with Crippen molar-refractivity contribution in [3.8, 4) is 0 Å². The maximum absolute atomic E-state index is 11.6. The largest absolute Gasteiger partial charge is 0.527 e. The number of carbonyl (C=O) groups excluding carboxylic acids is 2. The van der Waals surface area contributed by atoms with Gasteiger partial charge in [-0.25, -0.2) is 9.59 Å². The molecule has 2 amide bonds. The molecular formula is C16H36N2O10Si2-. The normalized spacial score (nSPS) is 11.8. The number of nitrogens with one attached hydrogen (secondary N) is 2. The highest BCUT2D eigenvalue weighted by Gasteiger charge is 2.36. The minimum atomic E-state index is -2.64. The molecule has 0 aliphatic heterocycles. The van der Waals surface area contributed by atoms with Crippen LogP contribution < -0.4 is 10.6 Å². The molecule has 0 heterocycles. The highest BCUT2D eigenvalue weighted by molar-refractivity contribution is 6.60. The molecule has 2 N–H and O–H groups in total. The highest BCUT2D eigenvalue weighted by atomic mass is 28.4. The van der Waals surface area contributed by atoms with E-state index in [4.69, 9.17) is 36.0 Å². The third-order valence-corrected chi connectivity index (χ3v) is 9.94. The number of rotatable bonds is 17. The standard InChI is InChI=1S/C16H36N2O10Si2/c1-21-29(22-2,23-3)13-7-9-17-15(19)27-11-12-28-16(20)18-10-8-14-30(24-4,25-5)26-6/h7-14H2,1-6H3,(H,17,19)(H,18,20)/q-1. The lowest BCUT2D eigenvalue weighted by Gasteiger charge is -2.38. The van der Waals surface area contributed by atoms with E-state index in [2.05, 4.69) is 10.6 Å². The number of hydrogen-bond acceptors (Lipinski definition) is 10. The van der Waals surface area contributed by atoms with E-state index in [9.17, 15) is 9.59 Å². The number of carbonyl (C=O) groups is 2. The van der Waals surface area contributed by atoms with Crippen LogP contribution in [0, 0.1) is 0 Å². The first-order chi connectivity index (χ1) is 14.4. The summed E-state index contributed by atoms with van der Waals surface area (Å²) in [7, 11) is 3.92. The zero-order valence-corrected chi connectivity index (χ0v) is 20.7. The first-order valence-electron chi connectivity index (χ1n) is 9.48. The van der Waals surface area contributed by atoms with Gasteiger partial charge in [0, 0.05) is 40.5 Å². The summed E-state index contributed by atoms with van der Waals surface area (Å²) in [5.41, 5.74) is 0. The molecule has 0 fully saturated rings. The summed E-state index contributed by atoms with van der Waals surface area (Å²) < 4.78 is 41.6. The van der Waals surface area contributed by atoms with Crippen molar-refractivity contribution >= 4 is 29.8 Å². The molecule has 12 nitrogen and oxygen atoms in total. The first kappa shape index (κ1) is 28.7. The second-order valence-electron chi connectivity index (χ2n) is 5.92. The Morgan fingerprint density at radius 3 is 1.57 bits per heavy atom. The topological polar surface area (TPSA) is 132 Å². The van der Waals surface area contributed by atoms with Crippen molar-refractivity contribution in [1.29, 1.82) is 0 Å². The average Bonchev–Trinajstić information content (AvgIpc) is 2.78. The predicted octanol–water partition coefficient (Wildman–Crippen LogP) is 0.975. The second-order valence-corrected chi connectivity index (χ2v) is 12.1. The lowest BCUT2D eigenvalue weighted by molar-refractivity contribution is 0.0952. The van der Waals surface area contributed by atoms with Gasteiger partial charge in [-0.1, -0.05) is 12.5 Å². The van der Waals surface area contributed by atoms with Crippen molar-refractivity contribution in [1.82, 2.24) is 10.6 Å². The average molecular weight is 473 g/mol. The van der Waals surface area contributed by atoms with Gasteiger partial charge in [0.25, 0.3) is 8.80 Å². The minimum Gasteiger partial charge on any atom is -0.527 e. The molecular weight excluding hydrogens is 436 g/mol. The van der Waals surface area contributed by atoms with E-state index in [-0.39, 0.29) is 13.2 Å². The third kappa shape index (κ3) is 11.2. The third-order valence-electron chi connectivity index (χ3n) is 4.27. The SMILES string of the molecule is CO[Si](CCCNC(=O)OCCOC(=O)NCCC[Si-](OC)(OC)OC)(OC)OC. The van der Waals surface area contributed by atoms with E-state index >= 15 is 0 Å². The lowest BCUT2D eigenvalue weighted by atomic mass is 10.5. The lowest BCUT2D eigenvalue weighted by Crippen LogP contribution is -2.43. The van der Waals surface area contributed by atoms with Crippen LogP contribution in [0.25, 0.3) is 0 Å². The molecule has 0 rings (SSSR count). The summed E-state index contributed by atoms with van der Waals surface area (Å²) in [5.74, 6) is 0. The fourth-order valence-electron chi connectivity index (χ4n) is 2.47. The minimum absolute atomic E-state index is 0.0563. The van der Waals surface area contributed by atoms with Crippen LogP contribution in [0.1, 0.15) is 12.8 Å². The molecule has 0 spiro atoms. The van der Waals surface area contributed by atoms with Crippen molar-refractivity contribution in [2.75, 3.05) is 69.0 Å². The molecule has 0 aromatic heterocycles. The number of hydrogen-bond donors (Lipinski definition) is 2. The van der Waals surface area contributed by atoms with Crippen LogP contribution in [-0.2, 0) is 36.0 Å². The fourth-order valence-corrected chi connectivity index (χ4v) is 5.92. The Morgan fingerprint density at radius 1 is 0.733 bits per heavy atom. The van der Waals surface area contributed by atoms with E-state index in [1.54, 1.807) is 0 Å². The molecule has 14 heteroatoms. The zero-order valence-electron chi connectivity index (χ0n) is 18.7. The molecule has 30 heavy (non-hydrogen) atoms. The summed E-state index contributed by atoms with van der Waals surface area (Å²) in [6.07, 6.45) is 0.0153. The summed E-state index contributed by atoms with van der Waals surface area (Å²) in [5, 5.41) is 5.19. The second kappa shape index (κ2) is 16.4. The highest BCUT2D eigenvalue weighted by Crippen LogP contribution is 2.15. The Morgan fingerprint density at radius 2 is 1.17 bits per heavy atom. The van der Waals surface area contributed by atoms with E-state index in [1.165, 1.54) is 42.7 Å². The van der Waals surface area contributed by atoms with E-state index in [0.717, 1.165) is 0 Å². The maximum atomic E-state index is 11.6. The van der Waals surface area contributed by atoms with Crippen LogP contribution in [0.4, 0.5) is 9.59 Å². The maximum Gasteiger partial charge on any atom is 0.500 e. The number of alkyl carbamates (subject to hydrolysis) is 2. The van der Waals surface area contributed by atoms with E-state index < -0.39 is 29.8 Å². The van der Waals surface area contributed by atoms with E-state index in [1.807, 2.05) is 0 Å².